The lowest BCUT2D eigenvalue weighted by Crippen LogP contribution is -2.16. The molecule has 0 spiro atoms. The molecule has 0 unspecified atom stereocenters. The first-order valence-electron chi connectivity index (χ1n) is 10.1. The summed E-state index contributed by atoms with van der Waals surface area (Å²) in [5.74, 6) is 1.22. The number of hydrogen-bond acceptors (Lipinski definition) is 6. The van der Waals surface area contributed by atoms with E-state index in [9.17, 15) is 4.79 Å². The predicted octanol–water partition coefficient (Wildman–Crippen LogP) is 4.75. The zero-order valence-corrected chi connectivity index (χ0v) is 16.3. The van der Waals surface area contributed by atoms with E-state index in [0.29, 0.717) is 36.6 Å². The SMILES string of the molecule is O=C(CCc1nc(-c2ccco2)no1)Nc1cccc(COC2CCCCC2)c1. The minimum Gasteiger partial charge on any atom is -0.461 e. The monoisotopic (exact) mass is 395 g/mol. The highest BCUT2D eigenvalue weighted by atomic mass is 16.5. The highest BCUT2D eigenvalue weighted by molar-refractivity contribution is 5.90. The molecule has 2 heterocycles. The van der Waals surface area contributed by atoms with Crippen molar-refractivity contribution in [2.45, 2.75) is 57.7 Å². The van der Waals surface area contributed by atoms with Gasteiger partial charge in [-0.2, -0.15) is 4.98 Å². The fourth-order valence-electron chi connectivity index (χ4n) is 3.49. The second-order valence-corrected chi connectivity index (χ2v) is 7.31. The summed E-state index contributed by atoms with van der Waals surface area (Å²) in [5.41, 5.74) is 1.83. The maximum atomic E-state index is 12.3. The van der Waals surface area contributed by atoms with E-state index in [1.165, 1.54) is 19.3 Å². The Morgan fingerprint density at radius 2 is 2.07 bits per heavy atom. The van der Waals surface area contributed by atoms with E-state index < -0.39 is 0 Å². The van der Waals surface area contributed by atoms with Crippen molar-refractivity contribution in [3.05, 3.63) is 54.1 Å². The summed E-state index contributed by atoms with van der Waals surface area (Å²) < 4.78 is 16.4. The van der Waals surface area contributed by atoms with E-state index in [2.05, 4.69) is 15.5 Å². The van der Waals surface area contributed by atoms with Crippen molar-refractivity contribution < 1.29 is 18.5 Å². The Balaban J connectivity index is 1.25. The van der Waals surface area contributed by atoms with Crippen LogP contribution in [0.25, 0.3) is 11.6 Å². The van der Waals surface area contributed by atoms with Crippen LogP contribution in [-0.2, 0) is 22.6 Å². The molecule has 2 aromatic heterocycles. The van der Waals surface area contributed by atoms with Crippen molar-refractivity contribution >= 4 is 11.6 Å². The topological polar surface area (TPSA) is 90.4 Å². The average Bonchev–Trinajstić information content (AvgIpc) is 3.44. The molecule has 1 amide bonds. The first kappa shape index (κ1) is 19.4. The van der Waals surface area contributed by atoms with Crippen LogP contribution in [0.4, 0.5) is 5.69 Å². The number of carbonyl (C=O) groups excluding carboxylic acids is 1. The van der Waals surface area contributed by atoms with Crippen LogP contribution in [-0.4, -0.2) is 22.2 Å². The van der Waals surface area contributed by atoms with Gasteiger partial charge in [-0.3, -0.25) is 4.79 Å². The quantitative estimate of drug-likeness (QED) is 0.592. The predicted molar refractivity (Wildman–Crippen MR) is 107 cm³/mol. The minimum absolute atomic E-state index is 0.104. The second-order valence-electron chi connectivity index (χ2n) is 7.31. The van der Waals surface area contributed by atoms with Gasteiger partial charge >= 0.3 is 0 Å². The number of ether oxygens (including phenoxy) is 1. The number of furan rings is 1. The molecule has 0 saturated heterocycles. The van der Waals surface area contributed by atoms with Crippen LogP contribution in [0.2, 0.25) is 0 Å². The van der Waals surface area contributed by atoms with E-state index in [-0.39, 0.29) is 12.3 Å². The zero-order valence-electron chi connectivity index (χ0n) is 16.3. The Bertz CT molecular complexity index is 914. The number of aromatic nitrogens is 2. The number of benzene rings is 1. The molecular formula is C22H25N3O4. The van der Waals surface area contributed by atoms with Crippen LogP contribution in [0, 0.1) is 0 Å². The van der Waals surface area contributed by atoms with Gasteiger partial charge in [0, 0.05) is 18.5 Å². The van der Waals surface area contributed by atoms with Gasteiger partial charge in [-0.1, -0.05) is 36.6 Å². The number of hydrogen-bond donors (Lipinski definition) is 1. The van der Waals surface area contributed by atoms with Gasteiger partial charge in [-0.15, -0.1) is 0 Å². The van der Waals surface area contributed by atoms with Crippen LogP contribution >= 0.6 is 0 Å². The highest BCUT2D eigenvalue weighted by Gasteiger charge is 2.14. The van der Waals surface area contributed by atoms with Gasteiger partial charge in [0.25, 0.3) is 0 Å². The van der Waals surface area contributed by atoms with Gasteiger partial charge < -0.3 is 19.0 Å². The Morgan fingerprint density at radius 3 is 2.90 bits per heavy atom. The van der Waals surface area contributed by atoms with Crippen molar-refractivity contribution in [3.63, 3.8) is 0 Å². The van der Waals surface area contributed by atoms with Gasteiger partial charge in [0.15, 0.2) is 5.76 Å². The molecule has 1 aliphatic rings. The number of aryl methyl sites for hydroxylation is 1. The lowest BCUT2D eigenvalue weighted by molar-refractivity contribution is -0.116. The standard InChI is InChI=1S/C22H25N3O4/c26-20(11-12-21-24-22(25-29-21)19-10-5-13-27-19)23-17-7-4-6-16(14-17)15-28-18-8-2-1-3-9-18/h4-7,10,13-14,18H,1-3,8-9,11-12,15H2,(H,23,26). The van der Waals surface area contributed by atoms with Crippen LogP contribution in [0.1, 0.15) is 50.0 Å². The highest BCUT2D eigenvalue weighted by Crippen LogP contribution is 2.22. The van der Waals surface area contributed by atoms with Gasteiger partial charge in [-0.05, 0) is 42.7 Å². The summed E-state index contributed by atoms with van der Waals surface area (Å²) in [5, 5.41) is 6.79. The number of nitrogens with one attached hydrogen (secondary N) is 1. The third-order valence-corrected chi connectivity index (χ3v) is 5.02. The normalized spacial score (nSPS) is 14.8. The maximum absolute atomic E-state index is 12.3. The van der Waals surface area contributed by atoms with Gasteiger partial charge in [-0.25, -0.2) is 0 Å². The Morgan fingerprint density at radius 1 is 1.17 bits per heavy atom. The van der Waals surface area contributed by atoms with Crippen molar-refractivity contribution in [3.8, 4) is 11.6 Å². The molecule has 0 aliphatic heterocycles. The molecular weight excluding hydrogens is 370 g/mol. The molecule has 152 valence electrons. The molecule has 0 atom stereocenters. The molecule has 1 aliphatic carbocycles. The van der Waals surface area contributed by atoms with Crippen molar-refractivity contribution in [2.24, 2.45) is 0 Å². The molecule has 4 rings (SSSR count). The first-order valence-corrected chi connectivity index (χ1v) is 10.1. The Hall–Kier alpha value is -2.93. The molecule has 1 saturated carbocycles. The number of nitrogens with zero attached hydrogens (tertiary/aromatic N) is 2. The third kappa shape index (κ3) is 5.54. The fourth-order valence-corrected chi connectivity index (χ4v) is 3.49. The van der Waals surface area contributed by atoms with E-state index in [4.69, 9.17) is 13.7 Å². The molecule has 1 aromatic carbocycles. The number of anilines is 1. The van der Waals surface area contributed by atoms with E-state index in [1.54, 1.807) is 18.4 Å². The molecule has 1 N–H and O–H groups in total. The Labute approximate surface area is 169 Å². The summed E-state index contributed by atoms with van der Waals surface area (Å²) in [6.07, 6.45) is 8.65. The molecule has 7 heteroatoms. The average molecular weight is 395 g/mol. The number of carbonyl (C=O) groups is 1. The largest absolute Gasteiger partial charge is 0.461 e. The molecule has 0 radical (unpaired) electrons. The second kappa shape index (κ2) is 9.52. The summed E-state index contributed by atoms with van der Waals surface area (Å²) >= 11 is 0. The van der Waals surface area contributed by atoms with Crippen molar-refractivity contribution in [2.75, 3.05) is 5.32 Å². The molecule has 7 nitrogen and oxygen atoms in total. The van der Waals surface area contributed by atoms with E-state index in [0.717, 1.165) is 24.1 Å². The summed E-state index contributed by atoms with van der Waals surface area (Å²) in [7, 11) is 0. The summed E-state index contributed by atoms with van der Waals surface area (Å²) in [6.45, 7) is 0.575. The van der Waals surface area contributed by atoms with Gasteiger partial charge in [0.05, 0.1) is 19.0 Å². The van der Waals surface area contributed by atoms with Crippen molar-refractivity contribution in [1.29, 1.82) is 0 Å². The van der Waals surface area contributed by atoms with Crippen molar-refractivity contribution in [1.82, 2.24) is 10.1 Å². The summed E-state index contributed by atoms with van der Waals surface area (Å²) in [6, 6.07) is 11.3. The third-order valence-electron chi connectivity index (χ3n) is 5.02. The van der Waals surface area contributed by atoms with Crippen LogP contribution < -0.4 is 5.32 Å². The molecule has 0 bridgehead atoms. The number of rotatable bonds is 8. The number of amides is 1. The molecule has 29 heavy (non-hydrogen) atoms. The lowest BCUT2D eigenvalue weighted by atomic mass is 9.98. The zero-order chi connectivity index (χ0) is 19.9. The van der Waals surface area contributed by atoms with Gasteiger partial charge in [0.1, 0.15) is 0 Å². The smallest absolute Gasteiger partial charge is 0.238 e. The van der Waals surface area contributed by atoms with Crippen LogP contribution in [0.15, 0.2) is 51.6 Å². The maximum Gasteiger partial charge on any atom is 0.238 e. The Kier molecular flexibility index (Phi) is 6.36. The molecule has 1 fully saturated rings. The lowest BCUT2D eigenvalue weighted by Gasteiger charge is -2.22. The van der Waals surface area contributed by atoms with Crippen LogP contribution in [0.3, 0.4) is 0 Å². The van der Waals surface area contributed by atoms with E-state index >= 15 is 0 Å². The minimum atomic E-state index is -0.104. The van der Waals surface area contributed by atoms with Crippen LogP contribution in [0.5, 0.6) is 0 Å². The van der Waals surface area contributed by atoms with E-state index in [1.807, 2.05) is 24.3 Å². The fraction of sp³-hybridized carbons (Fsp3) is 0.409. The first-order chi connectivity index (χ1) is 14.3. The summed E-state index contributed by atoms with van der Waals surface area (Å²) in [4.78, 5) is 16.5. The molecule has 3 aromatic rings. The van der Waals surface area contributed by atoms with Gasteiger partial charge in [0.2, 0.25) is 17.6 Å².